The molecule has 30 heavy (non-hydrogen) atoms. The summed E-state index contributed by atoms with van der Waals surface area (Å²) in [4.78, 5) is 20.6. The number of nitrogens with one attached hydrogen (secondary N) is 1. The molecule has 0 saturated carbocycles. The van der Waals surface area contributed by atoms with Crippen molar-refractivity contribution in [3.8, 4) is 17.2 Å². The maximum Gasteiger partial charge on any atom is 0.257 e. The molecule has 4 rings (SSSR count). The highest BCUT2D eigenvalue weighted by Crippen LogP contribution is 2.18. The molecule has 0 bridgehead atoms. The molecule has 0 unspecified atom stereocenters. The van der Waals surface area contributed by atoms with Crippen LogP contribution in [0.4, 0.5) is 0 Å². The fraction of sp³-hybridized carbons (Fsp3) is 0.130. The molecular formula is C23H20N4O3. The van der Waals surface area contributed by atoms with E-state index in [4.69, 9.17) is 9.26 Å². The van der Waals surface area contributed by atoms with Crippen molar-refractivity contribution in [2.75, 3.05) is 0 Å². The molecule has 1 N–H and O–H groups in total. The molecule has 1 amide bonds. The number of hydrogen-bond acceptors (Lipinski definition) is 6. The zero-order valence-corrected chi connectivity index (χ0v) is 16.4. The van der Waals surface area contributed by atoms with Crippen LogP contribution >= 0.6 is 0 Å². The predicted octanol–water partition coefficient (Wildman–Crippen LogP) is 3.95. The van der Waals surface area contributed by atoms with E-state index in [1.165, 1.54) is 0 Å². The molecule has 150 valence electrons. The summed E-state index contributed by atoms with van der Waals surface area (Å²) < 4.78 is 10.9. The maximum absolute atomic E-state index is 12.4. The zero-order valence-electron chi connectivity index (χ0n) is 16.4. The SMILES string of the molecule is Cc1noc(-c2ccc(C(=O)NCc3ccc(OCc4cccnc4)cc3)cc2)n1. The summed E-state index contributed by atoms with van der Waals surface area (Å²) in [6, 6.07) is 18.5. The van der Waals surface area contributed by atoms with Crippen LogP contribution in [0.1, 0.15) is 27.3 Å². The van der Waals surface area contributed by atoms with Crippen molar-refractivity contribution >= 4 is 5.91 Å². The first-order valence-corrected chi connectivity index (χ1v) is 9.47. The van der Waals surface area contributed by atoms with E-state index in [0.29, 0.717) is 30.4 Å². The lowest BCUT2D eigenvalue weighted by Crippen LogP contribution is -2.22. The summed E-state index contributed by atoms with van der Waals surface area (Å²) in [5, 5.41) is 6.69. The summed E-state index contributed by atoms with van der Waals surface area (Å²) in [6.07, 6.45) is 3.51. The smallest absolute Gasteiger partial charge is 0.257 e. The van der Waals surface area contributed by atoms with Crippen LogP contribution in [0.2, 0.25) is 0 Å². The number of aromatic nitrogens is 3. The molecule has 0 saturated heterocycles. The van der Waals surface area contributed by atoms with Crippen LogP contribution in [0.15, 0.2) is 77.6 Å². The molecule has 0 aliphatic heterocycles. The van der Waals surface area contributed by atoms with Crippen LogP contribution in [-0.4, -0.2) is 21.0 Å². The van der Waals surface area contributed by atoms with Crippen LogP contribution in [0.3, 0.4) is 0 Å². The summed E-state index contributed by atoms with van der Waals surface area (Å²) in [5.41, 5.74) is 3.32. The van der Waals surface area contributed by atoms with Gasteiger partial charge in [0.2, 0.25) is 0 Å². The first-order chi connectivity index (χ1) is 14.7. The van der Waals surface area contributed by atoms with Gasteiger partial charge in [-0.15, -0.1) is 0 Å². The van der Waals surface area contributed by atoms with Crippen molar-refractivity contribution in [3.63, 3.8) is 0 Å². The van der Waals surface area contributed by atoms with E-state index in [0.717, 1.165) is 22.4 Å². The molecule has 7 nitrogen and oxygen atoms in total. The molecule has 4 aromatic rings. The van der Waals surface area contributed by atoms with Crippen molar-refractivity contribution in [2.45, 2.75) is 20.1 Å². The van der Waals surface area contributed by atoms with E-state index in [1.54, 1.807) is 43.6 Å². The van der Waals surface area contributed by atoms with E-state index >= 15 is 0 Å². The molecule has 2 aromatic carbocycles. The Bertz CT molecular complexity index is 1110. The highest BCUT2D eigenvalue weighted by Gasteiger charge is 2.09. The molecule has 2 aromatic heterocycles. The van der Waals surface area contributed by atoms with E-state index in [1.807, 2.05) is 36.4 Å². The van der Waals surface area contributed by atoms with Gasteiger partial charge in [-0.2, -0.15) is 4.98 Å². The van der Waals surface area contributed by atoms with Crippen molar-refractivity contribution in [2.24, 2.45) is 0 Å². The number of carbonyl (C=O) groups is 1. The Labute approximate surface area is 173 Å². The van der Waals surface area contributed by atoms with Gasteiger partial charge < -0.3 is 14.6 Å². The molecule has 0 spiro atoms. The molecule has 0 radical (unpaired) electrons. The third-order valence-corrected chi connectivity index (χ3v) is 4.43. The van der Waals surface area contributed by atoms with Crippen LogP contribution in [-0.2, 0) is 13.2 Å². The Kier molecular flexibility index (Phi) is 5.80. The number of pyridine rings is 1. The van der Waals surface area contributed by atoms with Gasteiger partial charge in [0, 0.05) is 35.6 Å². The Morgan fingerprint density at radius 2 is 1.83 bits per heavy atom. The van der Waals surface area contributed by atoms with Crippen LogP contribution in [0, 0.1) is 6.92 Å². The topological polar surface area (TPSA) is 90.1 Å². The fourth-order valence-corrected chi connectivity index (χ4v) is 2.82. The van der Waals surface area contributed by atoms with Gasteiger partial charge in [0.1, 0.15) is 12.4 Å². The van der Waals surface area contributed by atoms with Crippen LogP contribution in [0.25, 0.3) is 11.5 Å². The molecule has 0 aliphatic carbocycles. The third-order valence-electron chi connectivity index (χ3n) is 4.43. The van der Waals surface area contributed by atoms with Gasteiger partial charge >= 0.3 is 0 Å². The highest BCUT2D eigenvalue weighted by molar-refractivity contribution is 5.94. The van der Waals surface area contributed by atoms with Crippen molar-refractivity contribution in [3.05, 3.63) is 95.6 Å². The standard InChI is InChI=1S/C23H20N4O3/c1-16-26-23(30-27-16)20-8-6-19(7-9-20)22(28)25-14-17-4-10-21(11-5-17)29-15-18-3-2-12-24-13-18/h2-13H,14-15H2,1H3,(H,25,28). The second-order valence-corrected chi connectivity index (χ2v) is 6.70. The number of carbonyl (C=O) groups excluding carboxylic acids is 1. The number of aryl methyl sites for hydroxylation is 1. The molecule has 7 heteroatoms. The summed E-state index contributed by atoms with van der Waals surface area (Å²) >= 11 is 0. The number of benzene rings is 2. The van der Waals surface area contributed by atoms with Crippen molar-refractivity contribution < 1.29 is 14.1 Å². The molecule has 0 aliphatic rings. The molecule has 0 fully saturated rings. The quantitative estimate of drug-likeness (QED) is 0.505. The minimum atomic E-state index is -0.153. The number of nitrogens with zero attached hydrogens (tertiary/aromatic N) is 3. The lowest BCUT2D eigenvalue weighted by Gasteiger charge is -2.08. The Hall–Kier alpha value is -4.00. The van der Waals surface area contributed by atoms with Gasteiger partial charge in [-0.1, -0.05) is 23.4 Å². The number of rotatable bonds is 7. The summed E-state index contributed by atoms with van der Waals surface area (Å²) in [7, 11) is 0. The monoisotopic (exact) mass is 400 g/mol. The molecule has 2 heterocycles. The van der Waals surface area contributed by atoms with E-state index in [-0.39, 0.29) is 5.91 Å². The minimum Gasteiger partial charge on any atom is -0.489 e. The van der Waals surface area contributed by atoms with Gasteiger partial charge in [-0.25, -0.2) is 0 Å². The fourth-order valence-electron chi connectivity index (χ4n) is 2.82. The Morgan fingerprint density at radius 1 is 1.03 bits per heavy atom. The predicted molar refractivity (Wildman–Crippen MR) is 111 cm³/mol. The number of ether oxygens (including phenoxy) is 1. The molecular weight excluding hydrogens is 380 g/mol. The van der Waals surface area contributed by atoms with E-state index in [9.17, 15) is 4.79 Å². The first-order valence-electron chi connectivity index (χ1n) is 9.47. The van der Waals surface area contributed by atoms with E-state index in [2.05, 4.69) is 20.4 Å². The van der Waals surface area contributed by atoms with Crippen molar-refractivity contribution in [1.29, 1.82) is 0 Å². The Morgan fingerprint density at radius 3 is 2.50 bits per heavy atom. The Balaban J connectivity index is 1.29. The van der Waals surface area contributed by atoms with Gasteiger partial charge in [-0.05, 0) is 55.0 Å². The summed E-state index contributed by atoms with van der Waals surface area (Å²) in [5.74, 6) is 1.62. The van der Waals surface area contributed by atoms with Gasteiger partial charge in [0.25, 0.3) is 11.8 Å². The van der Waals surface area contributed by atoms with Crippen LogP contribution < -0.4 is 10.1 Å². The average molecular weight is 400 g/mol. The van der Waals surface area contributed by atoms with Gasteiger partial charge in [0.05, 0.1) is 0 Å². The maximum atomic E-state index is 12.4. The third kappa shape index (κ3) is 4.88. The molecule has 0 atom stereocenters. The second-order valence-electron chi connectivity index (χ2n) is 6.70. The number of hydrogen-bond donors (Lipinski definition) is 1. The lowest BCUT2D eigenvalue weighted by molar-refractivity contribution is 0.0951. The first kappa shape index (κ1) is 19.3. The van der Waals surface area contributed by atoms with Gasteiger partial charge in [0.15, 0.2) is 5.82 Å². The minimum absolute atomic E-state index is 0.153. The second kappa shape index (κ2) is 9.00. The highest BCUT2D eigenvalue weighted by atomic mass is 16.5. The average Bonchev–Trinajstić information content (AvgIpc) is 3.24. The largest absolute Gasteiger partial charge is 0.489 e. The summed E-state index contributed by atoms with van der Waals surface area (Å²) in [6.45, 7) is 2.64. The van der Waals surface area contributed by atoms with Crippen molar-refractivity contribution in [1.82, 2.24) is 20.4 Å². The van der Waals surface area contributed by atoms with Crippen LogP contribution in [0.5, 0.6) is 5.75 Å². The van der Waals surface area contributed by atoms with Gasteiger partial charge in [-0.3, -0.25) is 9.78 Å². The normalized spacial score (nSPS) is 10.6. The van der Waals surface area contributed by atoms with E-state index < -0.39 is 0 Å². The number of amides is 1. The lowest BCUT2D eigenvalue weighted by atomic mass is 10.1. The zero-order chi connectivity index (χ0) is 20.8.